The zero-order valence-corrected chi connectivity index (χ0v) is 11.4. The van der Waals surface area contributed by atoms with Crippen molar-refractivity contribution >= 4 is 11.9 Å². The van der Waals surface area contributed by atoms with Gasteiger partial charge in [0.1, 0.15) is 0 Å². The lowest BCUT2D eigenvalue weighted by Gasteiger charge is -2.17. The van der Waals surface area contributed by atoms with E-state index in [2.05, 4.69) is 5.32 Å². The van der Waals surface area contributed by atoms with Gasteiger partial charge in [0.2, 0.25) is 5.91 Å². The summed E-state index contributed by atoms with van der Waals surface area (Å²) in [5.74, 6) is -0.851. The van der Waals surface area contributed by atoms with Gasteiger partial charge in [-0.1, -0.05) is 44.2 Å². The molecule has 2 unspecified atom stereocenters. The molecule has 19 heavy (non-hydrogen) atoms. The van der Waals surface area contributed by atoms with Crippen molar-refractivity contribution in [3.8, 4) is 0 Å². The van der Waals surface area contributed by atoms with E-state index in [9.17, 15) is 9.59 Å². The fraction of sp³-hybridized carbons (Fsp3) is 0.467. The number of carboxylic acids is 1. The molecule has 1 amide bonds. The lowest BCUT2D eigenvalue weighted by molar-refractivity contribution is -0.137. The van der Waals surface area contributed by atoms with E-state index < -0.39 is 5.97 Å². The largest absolute Gasteiger partial charge is 0.481 e. The van der Waals surface area contributed by atoms with Crippen molar-refractivity contribution in [1.29, 1.82) is 0 Å². The number of carbonyl (C=O) groups is 2. The number of amides is 1. The van der Waals surface area contributed by atoms with E-state index >= 15 is 0 Å². The zero-order chi connectivity index (χ0) is 14.3. The minimum absolute atomic E-state index is 0.0258. The molecule has 0 spiro atoms. The Hall–Kier alpha value is -1.84. The van der Waals surface area contributed by atoms with Gasteiger partial charge in [-0.05, 0) is 17.9 Å². The van der Waals surface area contributed by atoms with Crippen LogP contribution in [-0.2, 0) is 9.59 Å². The first-order valence-electron chi connectivity index (χ1n) is 6.59. The highest BCUT2D eigenvalue weighted by molar-refractivity contribution is 5.78. The summed E-state index contributed by atoms with van der Waals surface area (Å²) in [6, 6.07) is 9.54. The molecule has 4 heteroatoms. The maximum Gasteiger partial charge on any atom is 0.305 e. The highest BCUT2D eigenvalue weighted by Gasteiger charge is 2.16. The molecule has 0 heterocycles. The van der Waals surface area contributed by atoms with Crippen molar-refractivity contribution in [3.63, 3.8) is 0 Å². The Morgan fingerprint density at radius 2 is 1.84 bits per heavy atom. The van der Waals surface area contributed by atoms with E-state index in [4.69, 9.17) is 5.11 Å². The molecular formula is C15H21NO3. The topological polar surface area (TPSA) is 66.4 Å². The number of benzene rings is 1. The second-order valence-corrected chi connectivity index (χ2v) is 4.79. The predicted molar refractivity (Wildman–Crippen MR) is 73.9 cm³/mol. The third-order valence-corrected chi connectivity index (χ3v) is 3.14. The van der Waals surface area contributed by atoms with Crippen molar-refractivity contribution in [2.75, 3.05) is 0 Å². The molecule has 0 aliphatic rings. The molecule has 2 atom stereocenters. The van der Waals surface area contributed by atoms with Gasteiger partial charge in [0, 0.05) is 12.5 Å². The van der Waals surface area contributed by atoms with Gasteiger partial charge in [-0.2, -0.15) is 0 Å². The molecule has 0 aromatic heterocycles. The molecular weight excluding hydrogens is 242 g/mol. The Bertz CT molecular complexity index is 417. The first-order chi connectivity index (χ1) is 9.02. The van der Waals surface area contributed by atoms with Crippen LogP contribution in [0.15, 0.2) is 30.3 Å². The molecule has 1 aromatic rings. The number of hydrogen-bond acceptors (Lipinski definition) is 2. The lowest BCUT2D eigenvalue weighted by atomic mass is 9.97. The summed E-state index contributed by atoms with van der Waals surface area (Å²) >= 11 is 0. The number of nitrogens with one attached hydrogen (secondary N) is 1. The van der Waals surface area contributed by atoms with E-state index in [-0.39, 0.29) is 24.3 Å². The van der Waals surface area contributed by atoms with Gasteiger partial charge in [-0.25, -0.2) is 0 Å². The molecule has 0 saturated heterocycles. The van der Waals surface area contributed by atoms with Crippen LogP contribution >= 0.6 is 0 Å². The highest BCUT2D eigenvalue weighted by atomic mass is 16.4. The second kappa shape index (κ2) is 7.56. The standard InChI is InChI=1S/C15H21NO3/c1-3-13(10-15(18)19)16-14(17)9-11(2)12-7-5-4-6-8-12/h4-8,11,13H,3,9-10H2,1-2H3,(H,16,17)(H,18,19). The van der Waals surface area contributed by atoms with Crippen LogP contribution in [0.5, 0.6) is 0 Å². The van der Waals surface area contributed by atoms with Crippen molar-refractivity contribution in [1.82, 2.24) is 5.32 Å². The maximum absolute atomic E-state index is 11.9. The first kappa shape index (κ1) is 15.2. The quantitative estimate of drug-likeness (QED) is 0.794. The Balaban J connectivity index is 2.48. The van der Waals surface area contributed by atoms with Gasteiger partial charge in [0.25, 0.3) is 0 Å². The average Bonchev–Trinajstić information content (AvgIpc) is 2.38. The molecule has 0 aliphatic heterocycles. The summed E-state index contributed by atoms with van der Waals surface area (Å²) in [7, 11) is 0. The van der Waals surface area contributed by atoms with Gasteiger partial charge in [-0.3, -0.25) is 9.59 Å². The van der Waals surface area contributed by atoms with Crippen LogP contribution in [0.25, 0.3) is 0 Å². The van der Waals surface area contributed by atoms with Crippen LogP contribution in [0.3, 0.4) is 0 Å². The van der Waals surface area contributed by atoms with Crippen molar-refractivity contribution in [3.05, 3.63) is 35.9 Å². The van der Waals surface area contributed by atoms with Crippen LogP contribution in [0.1, 0.15) is 44.6 Å². The minimum atomic E-state index is -0.886. The van der Waals surface area contributed by atoms with Crippen LogP contribution in [0.4, 0.5) is 0 Å². The van der Waals surface area contributed by atoms with E-state index in [0.29, 0.717) is 12.8 Å². The monoisotopic (exact) mass is 263 g/mol. The predicted octanol–water partition coefficient (Wildman–Crippen LogP) is 2.55. The Morgan fingerprint density at radius 3 is 2.37 bits per heavy atom. The summed E-state index contributed by atoms with van der Waals surface area (Å²) in [5, 5.41) is 11.5. The molecule has 1 aromatic carbocycles. The van der Waals surface area contributed by atoms with Gasteiger partial charge < -0.3 is 10.4 Å². The summed E-state index contributed by atoms with van der Waals surface area (Å²) in [6.45, 7) is 3.86. The third kappa shape index (κ3) is 5.55. The van der Waals surface area contributed by atoms with E-state index in [0.717, 1.165) is 5.56 Å². The zero-order valence-electron chi connectivity index (χ0n) is 11.4. The molecule has 0 fully saturated rings. The minimum Gasteiger partial charge on any atom is -0.481 e. The number of rotatable bonds is 7. The van der Waals surface area contributed by atoms with Crippen molar-refractivity contribution in [2.24, 2.45) is 0 Å². The molecule has 0 aliphatic carbocycles. The molecule has 2 N–H and O–H groups in total. The van der Waals surface area contributed by atoms with Crippen molar-refractivity contribution < 1.29 is 14.7 Å². The van der Waals surface area contributed by atoms with E-state index in [1.54, 1.807) is 0 Å². The van der Waals surface area contributed by atoms with Gasteiger partial charge in [0.15, 0.2) is 0 Å². The summed E-state index contributed by atoms with van der Waals surface area (Å²) in [5.41, 5.74) is 1.11. The van der Waals surface area contributed by atoms with Gasteiger partial charge >= 0.3 is 5.97 Å². The van der Waals surface area contributed by atoms with Crippen LogP contribution < -0.4 is 5.32 Å². The summed E-state index contributed by atoms with van der Waals surface area (Å²) in [4.78, 5) is 22.5. The summed E-state index contributed by atoms with van der Waals surface area (Å²) in [6.07, 6.45) is 0.972. The van der Waals surface area contributed by atoms with Crippen molar-refractivity contribution in [2.45, 2.75) is 45.1 Å². The van der Waals surface area contributed by atoms with Crippen LogP contribution in [0.2, 0.25) is 0 Å². The normalized spacial score (nSPS) is 13.6. The Kier molecular flexibility index (Phi) is 6.06. The SMILES string of the molecule is CCC(CC(=O)O)NC(=O)CC(C)c1ccccc1. The Morgan fingerprint density at radius 1 is 1.21 bits per heavy atom. The summed E-state index contributed by atoms with van der Waals surface area (Å²) < 4.78 is 0. The van der Waals surface area contributed by atoms with Crippen LogP contribution in [-0.4, -0.2) is 23.0 Å². The number of carboxylic acid groups (broad SMARTS) is 1. The maximum atomic E-state index is 11.9. The van der Waals surface area contributed by atoms with Crippen LogP contribution in [0, 0.1) is 0 Å². The molecule has 0 saturated carbocycles. The number of carbonyl (C=O) groups excluding carboxylic acids is 1. The molecule has 1 rings (SSSR count). The fourth-order valence-electron chi connectivity index (χ4n) is 1.97. The molecule has 0 bridgehead atoms. The smallest absolute Gasteiger partial charge is 0.305 e. The number of hydrogen-bond donors (Lipinski definition) is 2. The number of aliphatic carboxylic acids is 1. The van der Waals surface area contributed by atoms with E-state index in [1.807, 2.05) is 44.2 Å². The van der Waals surface area contributed by atoms with Gasteiger partial charge in [-0.15, -0.1) is 0 Å². The van der Waals surface area contributed by atoms with Gasteiger partial charge in [0.05, 0.1) is 6.42 Å². The fourth-order valence-corrected chi connectivity index (χ4v) is 1.97. The molecule has 0 radical (unpaired) electrons. The molecule has 104 valence electrons. The Labute approximate surface area is 113 Å². The first-order valence-corrected chi connectivity index (χ1v) is 6.59. The molecule has 4 nitrogen and oxygen atoms in total. The third-order valence-electron chi connectivity index (χ3n) is 3.14. The second-order valence-electron chi connectivity index (χ2n) is 4.79. The van der Waals surface area contributed by atoms with E-state index in [1.165, 1.54) is 0 Å². The lowest BCUT2D eigenvalue weighted by Crippen LogP contribution is -2.36. The highest BCUT2D eigenvalue weighted by Crippen LogP contribution is 2.18. The average molecular weight is 263 g/mol.